The summed E-state index contributed by atoms with van der Waals surface area (Å²) in [5, 5.41) is 5.81. The predicted octanol–water partition coefficient (Wildman–Crippen LogP) is 2.80. The number of alkyl halides is 3. The minimum atomic E-state index is -4.64. The molecule has 0 atom stereocenters. The van der Waals surface area contributed by atoms with Crippen LogP contribution in [0.2, 0.25) is 0 Å². The lowest BCUT2D eigenvalue weighted by molar-refractivity contribution is -0.141. The average molecular weight is 311 g/mol. The van der Waals surface area contributed by atoms with Crippen LogP contribution in [0.5, 0.6) is 0 Å². The molecule has 4 nitrogen and oxygen atoms in total. The molecule has 1 aromatic heterocycles. The van der Waals surface area contributed by atoms with Crippen LogP contribution in [0, 0.1) is 0 Å². The number of nitrogens with one attached hydrogen (secondary N) is 1. The first-order valence-electron chi connectivity index (χ1n) is 6.81. The number of aromatic nitrogens is 2. The monoisotopic (exact) mass is 311 g/mol. The third-order valence-electron chi connectivity index (χ3n) is 3.11. The molecule has 0 aliphatic carbocycles. The maximum absolute atomic E-state index is 12.8. The number of rotatable bonds is 5. The molecule has 1 amide bonds. The Kier molecular flexibility index (Phi) is 4.85. The molecule has 0 spiro atoms. The molecular formula is C15H16F3N3O. The number of halogens is 3. The molecule has 2 rings (SSSR count). The minimum absolute atomic E-state index is 0.305. The van der Waals surface area contributed by atoms with E-state index in [1.54, 1.807) is 0 Å². The van der Waals surface area contributed by atoms with Gasteiger partial charge in [0.2, 0.25) is 0 Å². The number of carbonyl (C=O) groups is 1. The molecule has 1 aromatic carbocycles. The van der Waals surface area contributed by atoms with Gasteiger partial charge in [0.1, 0.15) is 0 Å². The number of aryl methyl sites for hydroxylation is 2. The number of hydrogen-bond acceptors (Lipinski definition) is 2. The van der Waals surface area contributed by atoms with Gasteiger partial charge in [-0.2, -0.15) is 18.3 Å². The summed E-state index contributed by atoms with van der Waals surface area (Å²) < 4.78 is 39.3. The highest BCUT2D eigenvalue weighted by atomic mass is 19.4. The number of amides is 1. The molecule has 0 fully saturated rings. The summed E-state index contributed by atoms with van der Waals surface area (Å²) in [6.07, 6.45) is -2.16. The maximum atomic E-state index is 12.8. The van der Waals surface area contributed by atoms with E-state index >= 15 is 0 Å². The zero-order chi connectivity index (χ0) is 16.2. The Bertz CT molecular complexity index is 635. The molecule has 0 aliphatic rings. The minimum Gasteiger partial charge on any atom is -0.352 e. The zero-order valence-electron chi connectivity index (χ0n) is 12.0. The van der Waals surface area contributed by atoms with Gasteiger partial charge in [-0.1, -0.05) is 30.3 Å². The second-order valence-corrected chi connectivity index (χ2v) is 4.91. The Hall–Kier alpha value is -2.31. The van der Waals surface area contributed by atoms with Gasteiger partial charge < -0.3 is 5.32 Å². The fourth-order valence-electron chi connectivity index (χ4n) is 2.10. The fraction of sp³-hybridized carbons (Fsp3) is 0.333. The van der Waals surface area contributed by atoms with Crippen molar-refractivity contribution in [3.05, 3.63) is 53.3 Å². The van der Waals surface area contributed by atoms with Crippen molar-refractivity contribution in [1.82, 2.24) is 15.1 Å². The average Bonchev–Trinajstić information content (AvgIpc) is 2.87. The van der Waals surface area contributed by atoms with Crippen molar-refractivity contribution < 1.29 is 18.0 Å². The number of carbonyl (C=O) groups excluding carboxylic acids is 1. The van der Waals surface area contributed by atoms with E-state index in [9.17, 15) is 18.0 Å². The topological polar surface area (TPSA) is 46.9 Å². The lowest BCUT2D eigenvalue weighted by Crippen LogP contribution is -2.26. The van der Waals surface area contributed by atoms with Crippen LogP contribution < -0.4 is 5.32 Å². The van der Waals surface area contributed by atoms with E-state index in [-0.39, 0.29) is 0 Å². The molecule has 0 saturated carbocycles. The summed E-state index contributed by atoms with van der Waals surface area (Å²) in [5.41, 5.74) is -0.487. The van der Waals surface area contributed by atoms with Gasteiger partial charge in [-0.05, 0) is 18.4 Å². The largest absolute Gasteiger partial charge is 0.435 e. The molecule has 0 aliphatic heterocycles. The Morgan fingerprint density at radius 2 is 1.95 bits per heavy atom. The highest BCUT2D eigenvalue weighted by molar-refractivity contribution is 5.95. The Balaban J connectivity index is 1.90. The number of hydrogen-bond donors (Lipinski definition) is 1. The molecule has 0 unspecified atom stereocenters. The van der Waals surface area contributed by atoms with Gasteiger partial charge in [0.05, 0.1) is 5.56 Å². The number of benzene rings is 1. The standard InChI is InChI=1S/C15H16F3N3O/c1-21-10-12(13(20-21)15(16,17)18)14(22)19-9-5-8-11-6-3-2-4-7-11/h2-4,6-7,10H,5,8-9H2,1H3,(H,19,22). The molecule has 0 radical (unpaired) electrons. The van der Waals surface area contributed by atoms with E-state index in [4.69, 9.17) is 0 Å². The van der Waals surface area contributed by atoms with E-state index in [0.29, 0.717) is 13.0 Å². The van der Waals surface area contributed by atoms with Crippen molar-refractivity contribution in [2.75, 3.05) is 6.54 Å². The zero-order valence-corrected chi connectivity index (χ0v) is 12.0. The van der Waals surface area contributed by atoms with Crippen LogP contribution in [0.3, 0.4) is 0 Å². The van der Waals surface area contributed by atoms with Gasteiger partial charge in [0.25, 0.3) is 5.91 Å². The van der Waals surface area contributed by atoms with Gasteiger partial charge in [0.15, 0.2) is 5.69 Å². The van der Waals surface area contributed by atoms with Crippen molar-refractivity contribution >= 4 is 5.91 Å². The van der Waals surface area contributed by atoms with Crippen LogP contribution in [-0.4, -0.2) is 22.2 Å². The summed E-state index contributed by atoms with van der Waals surface area (Å²) in [5.74, 6) is -0.756. The molecule has 7 heteroatoms. The van der Waals surface area contributed by atoms with Gasteiger partial charge in [0, 0.05) is 19.8 Å². The van der Waals surface area contributed by atoms with E-state index in [2.05, 4.69) is 10.4 Å². The van der Waals surface area contributed by atoms with Crippen molar-refractivity contribution in [2.45, 2.75) is 19.0 Å². The molecule has 22 heavy (non-hydrogen) atoms. The second kappa shape index (κ2) is 6.64. The van der Waals surface area contributed by atoms with Crippen molar-refractivity contribution in [2.24, 2.45) is 7.05 Å². The Labute approximate surface area is 125 Å². The Morgan fingerprint density at radius 3 is 2.59 bits per heavy atom. The van der Waals surface area contributed by atoms with Crippen LogP contribution in [-0.2, 0) is 19.6 Å². The van der Waals surface area contributed by atoms with E-state index in [0.717, 1.165) is 22.9 Å². The van der Waals surface area contributed by atoms with Gasteiger partial charge in [-0.15, -0.1) is 0 Å². The van der Waals surface area contributed by atoms with Crippen LogP contribution in [0.4, 0.5) is 13.2 Å². The summed E-state index contributed by atoms with van der Waals surface area (Å²) in [6, 6.07) is 9.67. The smallest absolute Gasteiger partial charge is 0.352 e. The molecule has 0 bridgehead atoms. The molecule has 2 aromatic rings. The first kappa shape index (κ1) is 16.1. The molecule has 1 N–H and O–H groups in total. The van der Waals surface area contributed by atoms with E-state index in [1.807, 2.05) is 30.3 Å². The van der Waals surface area contributed by atoms with Gasteiger partial charge in [-0.25, -0.2) is 0 Å². The normalized spacial score (nSPS) is 11.5. The molecular weight excluding hydrogens is 295 g/mol. The highest BCUT2D eigenvalue weighted by Gasteiger charge is 2.38. The predicted molar refractivity (Wildman–Crippen MR) is 75.3 cm³/mol. The highest BCUT2D eigenvalue weighted by Crippen LogP contribution is 2.30. The van der Waals surface area contributed by atoms with E-state index < -0.39 is 23.3 Å². The fourth-order valence-corrected chi connectivity index (χ4v) is 2.10. The SMILES string of the molecule is Cn1cc(C(=O)NCCCc2ccccc2)c(C(F)(F)F)n1. The van der Waals surface area contributed by atoms with Gasteiger partial charge in [-0.3, -0.25) is 9.48 Å². The molecule has 0 saturated heterocycles. The Morgan fingerprint density at radius 1 is 1.27 bits per heavy atom. The summed E-state index contributed by atoms with van der Waals surface area (Å²) in [7, 11) is 1.35. The third-order valence-corrected chi connectivity index (χ3v) is 3.11. The van der Waals surface area contributed by atoms with Crippen molar-refractivity contribution in [3.8, 4) is 0 Å². The third kappa shape index (κ3) is 4.09. The van der Waals surface area contributed by atoms with Crippen LogP contribution >= 0.6 is 0 Å². The quantitative estimate of drug-likeness (QED) is 0.863. The first-order valence-corrected chi connectivity index (χ1v) is 6.81. The second-order valence-electron chi connectivity index (χ2n) is 4.91. The number of nitrogens with zero attached hydrogens (tertiary/aromatic N) is 2. The maximum Gasteiger partial charge on any atom is 0.435 e. The summed E-state index contributed by atoms with van der Waals surface area (Å²) in [6.45, 7) is 0.305. The summed E-state index contributed by atoms with van der Waals surface area (Å²) >= 11 is 0. The van der Waals surface area contributed by atoms with Crippen LogP contribution in [0.1, 0.15) is 28.0 Å². The van der Waals surface area contributed by atoms with E-state index in [1.165, 1.54) is 7.05 Å². The first-order chi connectivity index (χ1) is 10.4. The van der Waals surface area contributed by atoms with Crippen molar-refractivity contribution in [1.29, 1.82) is 0 Å². The summed E-state index contributed by atoms with van der Waals surface area (Å²) in [4.78, 5) is 11.9. The van der Waals surface area contributed by atoms with Crippen molar-refractivity contribution in [3.63, 3.8) is 0 Å². The lowest BCUT2D eigenvalue weighted by Gasteiger charge is -2.07. The van der Waals surface area contributed by atoms with Crippen LogP contribution in [0.25, 0.3) is 0 Å². The van der Waals surface area contributed by atoms with Crippen LogP contribution in [0.15, 0.2) is 36.5 Å². The molecule has 1 heterocycles. The van der Waals surface area contributed by atoms with Gasteiger partial charge >= 0.3 is 6.18 Å². The molecule has 118 valence electrons. The lowest BCUT2D eigenvalue weighted by atomic mass is 10.1.